The van der Waals surface area contributed by atoms with Crippen LogP contribution in [0.25, 0.3) is 11.1 Å². The molecule has 2 aromatic heterocycles. The van der Waals surface area contributed by atoms with Gasteiger partial charge >= 0.3 is 5.97 Å². The van der Waals surface area contributed by atoms with Crippen molar-refractivity contribution in [3.05, 3.63) is 78.2 Å². The summed E-state index contributed by atoms with van der Waals surface area (Å²) in [6.07, 6.45) is 5.85. The van der Waals surface area contributed by atoms with E-state index in [0.717, 1.165) is 75.0 Å². The summed E-state index contributed by atoms with van der Waals surface area (Å²) < 4.78 is 8.48. The van der Waals surface area contributed by atoms with Crippen molar-refractivity contribution in [3.8, 4) is 5.00 Å². The van der Waals surface area contributed by atoms with Gasteiger partial charge in [-0.25, -0.2) is 4.79 Å². The van der Waals surface area contributed by atoms with Gasteiger partial charge in [0.05, 0.1) is 23.6 Å². The highest BCUT2D eigenvalue weighted by atomic mass is 79.9. The molecule has 0 N–H and O–H groups in total. The van der Waals surface area contributed by atoms with Crippen molar-refractivity contribution in [1.82, 2.24) is 9.47 Å². The maximum atomic E-state index is 13.2. The van der Waals surface area contributed by atoms with Crippen molar-refractivity contribution in [1.29, 1.82) is 0 Å². The lowest BCUT2D eigenvalue weighted by molar-refractivity contribution is -0.123. The number of amides is 2. The second-order valence-corrected chi connectivity index (χ2v) is 12.2. The average molecular weight is 600 g/mol. The van der Waals surface area contributed by atoms with E-state index in [0.29, 0.717) is 17.1 Å². The summed E-state index contributed by atoms with van der Waals surface area (Å²) in [4.78, 5) is 41.8. The van der Waals surface area contributed by atoms with Crippen molar-refractivity contribution in [3.63, 3.8) is 0 Å². The summed E-state index contributed by atoms with van der Waals surface area (Å²) >= 11 is 6.03. The Balaban J connectivity index is 1.49. The minimum absolute atomic E-state index is 0.234. The first-order valence-electron chi connectivity index (χ1n) is 12.3. The van der Waals surface area contributed by atoms with Crippen LogP contribution >= 0.6 is 39.0 Å². The van der Waals surface area contributed by atoms with Gasteiger partial charge < -0.3 is 9.30 Å². The maximum absolute atomic E-state index is 13.2. The van der Waals surface area contributed by atoms with Gasteiger partial charge in [-0.15, -0.1) is 11.3 Å². The Morgan fingerprint density at radius 1 is 1.14 bits per heavy atom. The number of benzene rings is 1. The molecule has 1 aliphatic heterocycles. The third-order valence-electron chi connectivity index (χ3n) is 6.72. The van der Waals surface area contributed by atoms with Crippen molar-refractivity contribution in [2.24, 2.45) is 0 Å². The fourth-order valence-corrected chi connectivity index (χ4v) is 7.50. The lowest BCUT2D eigenvalue weighted by Crippen LogP contribution is -2.27. The summed E-state index contributed by atoms with van der Waals surface area (Å²) in [6.45, 7) is 6.37. The Morgan fingerprint density at radius 2 is 1.86 bits per heavy atom. The zero-order valence-electron chi connectivity index (χ0n) is 20.9. The van der Waals surface area contributed by atoms with E-state index in [4.69, 9.17) is 4.74 Å². The standard InChI is InChI=1S/C28H27BrN2O4S2/c1-4-35-27(33)24-21-7-5-6-8-22(21)36-26(24)31-16(2)13-19(17(31)3)14-23-25(32)30(28(34)37-23)15-18-9-11-20(29)12-10-18/h9-14H,4-8,15H2,1-3H3/b23-14-. The zero-order valence-corrected chi connectivity index (χ0v) is 24.1. The molecule has 1 aliphatic carbocycles. The van der Waals surface area contributed by atoms with E-state index in [1.165, 1.54) is 9.78 Å². The summed E-state index contributed by atoms with van der Waals surface area (Å²) in [6, 6.07) is 9.59. The lowest BCUT2D eigenvalue weighted by atomic mass is 9.95. The number of esters is 1. The Hall–Kier alpha value is -2.62. The predicted octanol–water partition coefficient (Wildman–Crippen LogP) is 7.21. The molecule has 0 atom stereocenters. The number of carbonyl (C=O) groups is 3. The number of aryl methyl sites for hydroxylation is 2. The van der Waals surface area contributed by atoms with Crippen molar-refractivity contribution < 1.29 is 19.1 Å². The molecule has 1 saturated heterocycles. The van der Waals surface area contributed by atoms with E-state index in [-0.39, 0.29) is 23.7 Å². The predicted molar refractivity (Wildman–Crippen MR) is 151 cm³/mol. The third-order valence-corrected chi connectivity index (χ3v) is 9.43. The Labute approximate surface area is 232 Å². The minimum Gasteiger partial charge on any atom is -0.462 e. The quantitative estimate of drug-likeness (QED) is 0.221. The van der Waals surface area contributed by atoms with Crippen LogP contribution in [-0.2, 0) is 28.9 Å². The highest BCUT2D eigenvalue weighted by Crippen LogP contribution is 2.40. The number of thiophene rings is 1. The number of carbonyl (C=O) groups excluding carboxylic acids is 3. The summed E-state index contributed by atoms with van der Waals surface area (Å²) in [5.41, 5.74) is 5.41. The van der Waals surface area contributed by atoms with E-state index in [1.807, 2.05) is 51.1 Å². The van der Waals surface area contributed by atoms with E-state index >= 15 is 0 Å². The highest BCUT2D eigenvalue weighted by Gasteiger charge is 2.35. The molecular weight excluding hydrogens is 572 g/mol. The summed E-state index contributed by atoms with van der Waals surface area (Å²) in [5.74, 6) is -0.568. The molecule has 3 aromatic rings. The fourth-order valence-electron chi connectivity index (χ4n) is 4.92. The van der Waals surface area contributed by atoms with Crippen LogP contribution < -0.4 is 0 Å². The smallest absolute Gasteiger partial charge is 0.341 e. The molecule has 5 rings (SSSR count). The van der Waals surface area contributed by atoms with Crippen LogP contribution in [-0.4, -0.2) is 33.2 Å². The summed E-state index contributed by atoms with van der Waals surface area (Å²) in [7, 11) is 0. The number of nitrogens with zero attached hydrogens (tertiary/aromatic N) is 2. The number of ether oxygens (including phenoxy) is 1. The van der Waals surface area contributed by atoms with E-state index in [9.17, 15) is 14.4 Å². The number of aromatic nitrogens is 1. The minimum atomic E-state index is -0.290. The molecule has 192 valence electrons. The first-order valence-corrected chi connectivity index (χ1v) is 14.7. The fraction of sp³-hybridized carbons (Fsp3) is 0.321. The molecule has 0 saturated carbocycles. The highest BCUT2D eigenvalue weighted by molar-refractivity contribution is 9.10. The molecule has 0 radical (unpaired) electrons. The maximum Gasteiger partial charge on any atom is 0.341 e. The number of rotatable bonds is 6. The van der Waals surface area contributed by atoms with E-state index < -0.39 is 0 Å². The number of thioether (sulfide) groups is 1. The van der Waals surface area contributed by atoms with Crippen LogP contribution in [0.1, 0.15) is 63.1 Å². The molecule has 1 aromatic carbocycles. The number of hydrogen-bond donors (Lipinski definition) is 0. The van der Waals surface area contributed by atoms with Crippen LogP contribution in [0.3, 0.4) is 0 Å². The lowest BCUT2D eigenvalue weighted by Gasteiger charge is -2.13. The van der Waals surface area contributed by atoms with Crippen LogP contribution in [0, 0.1) is 13.8 Å². The number of imide groups is 1. The van der Waals surface area contributed by atoms with E-state index in [2.05, 4.69) is 20.5 Å². The normalized spacial score (nSPS) is 16.5. The molecular formula is C28H27BrN2O4S2. The van der Waals surface area contributed by atoms with Gasteiger partial charge in [0, 0.05) is 20.7 Å². The average Bonchev–Trinajstić information content (AvgIpc) is 3.47. The molecule has 6 nitrogen and oxygen atoms in total. The zero-order chi connectivity index (χ0) is 26.3. The largest absolute Gasteiger partial charge is 0.462 e. The monoisotopic (exact) mass is 598 g/mol. The Morgan fingerprint density at radius 3 is 2.59 bits per heavy atom. The molecule has 37 heavy (non-hydrogen) atoms. The van der Waals surface area contributed by atoms with Crippen molar-refractivity contribution in [2.75, 3.05) is 6.61 Å². The van der Waals surface area contributed by atoms with Gasteiger partial charge in [0.1, 0.15) is 5.00 Å². The summed E-state index contributed by atoms with van der Waals surface area (Å²) in [5, 5.41) is 0.604. The van der Waals surface area contributed by atoms with Gasteiger partial charge in [-0.1, -0.05) is 28.1 Å². The SMILES string of the molecule is CCOC(=O)c1c(-n2c(C)cc(/C=C3\SC(=O)N(Cc4ccc(Br)cc4)C3=O)c2C)sc2c1CCCC2. The number of hydrogen-bond acceptors (Lipinski definition) is 6. The van der Waals surface area contributed by atoms with Crippen molar-refractivity contribution in [2.45, 2.75) is 53.0 Å². The van der Waals surface area contributed by atoms with Crippen LogP contribution in [0.5, 0.6) is 0 Å². The Kier molecular flexibility index (Phi) is 7.47. The molecule has 3 heterocycles. The molecule has 0 spiro atoms. The first-order chi connectivity index (χ1) is 17.8. The second-order valence-electron chi connectivity index (χ2n) is 9.17. The van der Waals surface area contributed by atoms with Gasteiger partial charge in [-0.3, -0.25) is 14.5 Å². The van der Waals surface area contributed by atoms with Crippen LogP contribution in [0.2, 0.25) is 0 Å². The van der Waals surface area contributed by atoms with Gasteiger partial charge in [0.25, 0.3) is 11.1 Å². The third kappa shape index (κ3) is 4.96. The molecule has 0 bridgehead atoms. The Bertz CT molecular complexity index is 1440. The first kappa shape index (κ1) is 26.0. The second kappa shape index (κ2) is 10.6. The van der Waals surface area contributed by atoms with E-state index in [1.54, 1.807) is 17.4 Å². The van der Waals surface area contributed by atoms with Crippen molar-refractivity contribution >= 4 is 62.2 Å². The van der Waals surface area contributed by atoms with Gasteiger partial charge in [0.15, 0.2) is 0 Å². The van der Waals surface area contributed by atoms with Gasteiger partial charge in [-0.05, 0) is 99.2 Å². The van der Waals surface area contributed by atoms with Crippen LogP contribution in [0.15, 0.2) is 39.7 Å². The van der Waals surface area contributed by atoms with Crippen LogP contribution in [0.4, 0.5) is 4.79 Å². The molecule has 0 unspecified atom stereocenters. The number of halogens is 1. The molecule has 9 heteroatoms. The molecule has 1 fully saturated rings. The van der Waals surface area contributed by atoms with Gasteiger partial charge in [0.2, 0.25) is 0 Å². The number of fused-ring (bicyclic) bond motifs is 1. The topological polar surface area (TPSA) is 68.6 Å². The molecule has 2 aliphatic rings. The van der Waals surface area contributed by atoms with Gasteiger partial charge in [-0.2, -0.15) is 0 Å². The molecule has 2 amide bonds.